The van der Waals surface area contributed by atoms with E-state index < -0.39 is 0 Å². The largest absolute Gasteiger partial charge is 0.317 e. The normalized spacial score (nSPS) is 20.1. The summed E-state index contributed by atoms with van der Waals surface area (Å²) in [6.45, 7) is 4.82. The zero-order valence-electron chi connectivity index (χ0n) is 9.27. The van der Waals surface area contributed by atoms with Crippen LogP contribution in [-0.4, -0.2) is 44.0 Å². The molecule has 1 aliphatic heterocycles. The highest BCUT2D eigenvalue weighted by Gasteiger charge is 2.15. The minimum Gasteiger partial charge on any atom is -0.317 e. The van der Waals surface area contributed by atoms with Crippen LogP contribution in [0.1, 0.15) is 25.7 Å². The third-order valence-electron chi connectivity index (χ3n) is 3.05. The first-order valence-electron chi connectivity index (χ1n) is 5.78. The number of hydrogen-bond donors (Lipinski definition) is 1. The van der Waals surface area contributed by atoms with E-state index in [1.807, 2.05) is 0 Å². The molecule has 0 spiro atoms. The molecule has 0 amide bonds. The van der Waals surface area contributed by atoms with E-state index in [0.717, 1.165) is 24.8 Å². The van der Waals surface area contributed by atoms with Crippen LogP contribution in [0.2, 0.25) is 0 Å². The van der Waals surface area contributed by atoms with E-state index in [1.165, 1.54) is 38.9 Å². The van der Waals surface area contributed by atoms with Gasteiger partial charge >= 0.3 is 0 Å². The summed E-state index contributed by atoms with van der Waals surface area (Å²) in [4.78, 5) is 2.43. The van der Waals surface area contributed by atoms with Crippen LogP contribution in [-0.2, 0) is 0 Å². The van der Waals surface area contributed by atoms with Crippen molar-refractivity contribution < 1.29 is 0 Å². The summed E-state index contributed by atoms with van der Waals surface area (Å²) < 4.78 is 0. The molecule has 3 heteroatoms. The van der Waals surface area contributed by atoms with Crippen molar-refractivity contribution in [1.82, 2.24) is 10.2 Å². The van der Waals surface area contributed by atoms with E-state index in [1.54, 1.807) is 0 Å². The first-order valence-corrected chi connectivity index (χ1v) is 6.31. The summed E-state index contributed by atoms with van der Waals surface area (Å²) >= 11 is 5.60. The molecule has 0 aromatic heterocycles. The maximum atomic E-state index is 5.60. The molecule has 0 atom stereocenters. The van der Waals surface area contributed by atoms with Gasteiger partial charge in [0.15, 0.2) is 0 Å². The van der Waals surface area contributed by atoms with Crippen molar-refractivity contribution in [2.75, 3.05) is 39.1 Å². The maximum absolute atomic E-state index is 5.60. The predicted molar refractivity (Wildman–Crippen MR) is 63.0 cm³/mol. The summed E-state index contributed by atoms with van der Waals surface area (Å²) in [5.41, 5.74) is 0. The second-order valence-electron chi connectivity index (χ2n) is 4.33. The molecule has 1 rings (SSSR count). The number of likely N-dealkylation sites (tertiary alicyclic amines) is 1. The minimum atomic E-state index is 0.779. The summed E-state index contributed by atoms with van der Waals surface area (Å²) in [5, 5.41) is 3.45. The maximum Gasteiger partial charge on any atom is 0.0235 e. The molecule has 14 heavy (non-hydrogen) atoms. The standard InChI is InChI=1S/C11H23ClN2/c1-14-9-4-11(5-10-14)3-8-13-7-2-6-12/h11,13H,2-10H2,1H3. The molecular weight excluding hydrogens is 196 g/mol. The van der Waals surface area contributed by atoms with Gasteiger partial charge < -0.3 is 10.2 Å². The van der Waals surface area contributed by atoms with Crippen LogP contribution in [0.5, 0.6) is 0 Å². The Kier molecular flexibility index (Phi) is 6.57. The van der Waals surface area contributed by atoms with Gasteiger partial charge in [-0.1, -0.05) is 0 Å². The Balaban J connectivity index is 1.91. The van der Waals surface area contributed by atoms with Gasteiger partial charge in [0.2, 0.25) is 0 Å². The Morgan fingerprint density at radius 2 is 2.00 bits per heavy atom. The van der Waals surface area contributed by atoms with E-state index in [2.05, 4.69) is 17.3 Å². The van der Waals surface area contributed by atoms with Crippen molar-refractivity contribution in [3.05, 3.63) is 0 Å². The van der Waals surface area contributed by atoms with Crippen molar-refractivity contribution in [2.24, 2.45) is 5.92 Å². The zero-order chi connectivity index (χ0) is 10.2. The average Bonchev–Trinajstić information content (AvgIpc) is 2.21. The summed E-state index contributed by atoms with van der Waals surface area (Å²) in [7, 11) is 2.22. The second-order valence-corrected chi connectivity index (χ2v) is 4.71. The fourth-order valence-corrected chi connectivity index (χ4v) is 2.11. The Morgan fingerprint density at radius 1 is 1.29 bits per heavy atom. The number of nitrogens with zero attached hydrogens (tertiary/aromatic N) is 1. The van der Waals surface area contributed by atoms with Gasteiger partial charge in [-0.05, 0) is 64.8 Å². The summed E-state index contributed by atoms with van der Waals surface area (Å²) in [6.07, 6.45) is 5.20. The van der Waals surface area contributed by atoms with Crippen molar-refractivity contribution in [3.63, 3.8) is 0 Å². The Bertz CT molecular complexity index is 133. The molecule has 1 N–H and O–H groups in total. The molecule has 1 aliphatic rings. The second kappa shape index (κ2) is 7.49. The third-order valence-corrected chi connectivity index (χ3v) is 3.32. The zero-order valence-corrected chi connectivity index (χ0v) is 10.0. The van der Waals surface area contributed by atoms with Crippen LogP contribution < -0.4 is 5.32 Å². The molecular formula is C11H23ClN2. The summed E-state index contributed by atoms with van der Waals surface area (Å²) in [6, 6.07) is 0. The van der Waals surface area contributed by atoms with Crippen LogP contribution in [0, 0.1) is 5.92 Å². The van der Waals surface area contributed by atoms with Crippen LogP contribution in [0.3, 0.4) is 0 Å². The lowest BCUT2D eigenvalue weighted by Gasteiger charge is -2.28. The van der Waals surface area contributed by atoms with Crippen LogP contribution in [0.25, 0.3) is 0 Å². The molecule has 0 radical (unpaired) electrons. The molecule has 0 aromatic rings. The molecule has 0 aromatic carbocycles. The molecule has 2 nitrogen and oxygen atoms in total. The number of hydrogen-bond acceptors (Lipinski definition) is 2. The van der Waals surface area contributed by atoms with Crippen molar-refractivity contribution in [2.45, 2.75) is 25.7 Å². The predicted octanol–water partition coefficient (Wildman–Crippen LogP) is 1.94. The van der Waals surface area contributed by atoms with E-state index in [-0.39, 0.29) is 0 Å². The molecule has 1 heterocycles. The monoisotopic (exact) mass is 218 g/mol. The topological polar surface area (TPSA) is 15.3 Å². The van der Waals surface area contributed by atoms with Gasteiger partial charge in [0.25, 0.3) is 0 Å². The average molecular weight is 219 g/mol. The number of alkyl halides is 1. The van der Waals surface area contributed by atoms with E-state index in [9.17, 15) is 0 Å². The number of rotatable bonds is 6. The van der Waals surface area contributed by atoms with E-state index in [0.29, 0.717) is 0 Å². The fourth-order valence-electron chi connectivity index (χ4n) is 1.97. The van der Waals surface area contributed by atoms with Gasteiger partial charge in [-0.3, -0.25) is 0 Å². The Labute approximate surface area is 93.0 Å². The smallest absolute Gasteiger partial charge is 0.0235 e. The number of nitrogens with one attached hydrogen (secondary N) is 1. The first-order chi connectivity index (χ1) is 6.83. The molecule has 1 fully saturated rings. The molecule has 0 bridgehead atoms. The van der Waals surface area contributed by atoms with Gasteiger partial charge in [0.1, 0.15) is 0 Å². The van der Waals surface area contributed by atoms with Crippen LogP contribution in [0.15, 0.2) is 0 Å². The van der Waals surface area contributed by atoms with Gasteiger partial charge in [0, 0.05) is 5.88 Å². The number of piperidine rings is 1. The van der Waals surface area contributed by atoms with Gasteiger partial charge in [-0.15, -0.1) is 11.6 Å². The lowest BCUT2D eigenvalue weighted by atomic mass is 9.94. The highest BCUT2D eigenvalue weighted by Crippen LogP contribution is 2.18. The minimum absolute atomic E-state index is 0.779. The molecule has 0 saturated carbocycles. The first kappa shape index (κ1) is 12.3. The van der Waals surface area contributed by atoms with Crippen LogP contribution in [0.4, 0.5) is 0 Å². The van der Waals surface area contributed by atoms with Crippen molar-refractivity contribution in [1.29, 1.82) is 0 Å². The van der Waals surface area contributed by atoms with E-state index in [4.69, 9.17) is 11.6 Å². The van der Waals surface area contributed by atoms with E-state index >= 15 is 0 Å². The fraction of sp³-hybridized carbons (Fsp3) is 1.00. The quantitative estimate of drug-likeness (QED) is 0.542. The molecule has 1 saturated heterocycles. The van der Waals surface area contributed by atoms with Crippen molar-refractivity contribution in [3.8, 4) is 0 Å². The highest BCUT2D eigenvalue weighted by atomic mass is 35.5. The third kappa shape index (κ3) is 5.18. The van der Waals surface area contributed by atoms with Gasteiger partial charge in [0.05, 0.1) is 0 Å². The number of halogens is 1. The lowest BCUT2D eigenvalue weighted by Crippen LogP contribution is -2.31. The Morgan fingerprint density at radius 3 is 2.64 bits per heavy atom. The lowest BCUT2D eigenvalue weighted by molar-refractivity contribution is 0.212. The molecule has 84 valence electrons. The highest BCUT2D eigenvalue weighted by molar-refractivity contribution is 6.17. The molecule has 0 unspecified atom stereocenters. The van der Waals surface area contributed by atoms with Gasteiger partial charge in [-0.25, -0.2) is 0 Å². The van der Waals surface area contributed by atoms with Gasteiger partial charge in [-0.2, -0.15) is 0 Å². The Hall–Kier alpha value is 0.210. The SMILES string of the molecule is CN1CCC(CCNCCCCl)CC1. The van der Waals surface area contributed by atoms with Crippen LogP contribution >= 0.6 is 11.6 Å². The van der Waals surface area contributed by atoms with Crippen molar-refractivity contribution >= 4 is 11.6 Å². The summed E-state index contributed by atoms with van der Waals surface area (Å²) in [5.74, 6) is 1.73. The molecule has 0 aliphatic carbocycles.